The lowest BCUT2D eigenvalue weighted by Gasteiger charge is -2.31. The third kappa shape index (κ3) is 3.10. The predicted molar refractivity (Wildman–Crippen MR) is 108 cm³/mol. The molecule has 1 aliphatic rings. The summed E-state index contributed by atoms with van der Waals surface area (Å²) < 4.78 is 0. The van der Waals surface area contributed by atoms with Crippen LogP contribution in [0, 0.1) is 0 Å². The van der Waals surface area contributed by atoms with E-state index in [1.807, 2.05) is 18.4 Å². The van der Waals surface area contributed by atoms with Crippen LogP contribution >= 0.6 is 11.8 Å². The number of nitrogens with zero attached hydrogens (tertiary/aromatic N) is 2. The average molecular weight is 362 g/mol. The summed E-state index contributed by atoms with van der Waals surface area (Å²) in [6.07, 6.45) is 5.87. The SMILES string of the molecule is CSc1ncccc1C(=O)N(C1CC1)C(C)c1cccc2ccccc12. The van der Waals surface area contributed by atoms with Crippen molar-refractivity contribution in [1.29, 1.82) is 0 Å². The molecule has 4 heteroatoms. The number of benzene rings is 2. The van der Waals surface area contributed by atoms with E-state index in [1.54, 1.807) is 6.20 Å². The van der Waals surface area contributed by atoms with E-state index < -0.39 is 0 Å². The molecule has 1 aliphatic carbocycles. The van der Waals surface area contributed by atoms with Crippen LogP contribution in [0.1, 0.15) is 41.7 Å². The number of rotatable bonds is 5. The highest BCUT2D eigenvalue weighted by atomic mass is 32.2. The first-order valence-electron chi connectivity index (χ1n) is 9.00. The Labute approximate surface area is 158 Å². The Balaban J connectivity index is 1.76. The maximum atomic E-state index is 13.4. The molecule has 1 amide bonds. The number of carbonyl (C=O) groups is 1. The monoisotopic (exact) mass is 362 g/mol. The summed E-state index contributed by atoms with van der Waals surface area (Å²) in [6.45, 7) is 2.15. The Hall–Kier alpha value is -2.33. The van der Waals surface area contributed by atoms with Crippen molar-refractivity contribution in [2.24, 2.45) is 0 Å². The molecule has 0 N–H and O–H groups in total. The van der Waals surface area contributed by atoms with Gasteiger partial charge in [0.05, 0.1) is 11.6 Å². The molecule has 2 aromatic carbocycles. The molecule has 0 aliphatic heterocycles. The van der Waals surface area contributed by atoms with Gasteiger partial charge in [-0.25, -0.2) is 4.98 Å². The molecule has 1 unspecified atom stereocenters. The predicted octanol–water partition coefficient (Wildman–Crippen LogP) is 5.32. The van der Waals surface area contributed by atoms with Gasteiger partial charge in [0.2, 0.25) is 0 Å². The number of thioether (sulfide) groups is 1. The second kappa shape index (κ2) is 7.12. The minimum absolute atomic E-state index is 0.0241. The van der Waals surface area contributed by atoms with Crippen LogP contribution in [0.4, 0.5) is 0 Å². The van der Waals surface area contributed by atoms with E-state index in [9.17, 15) is 4.79 Å². The Morgan fingerprint density at radius 3 is 2.65 bits per heavy atom. The molecule has 0 spiro atoms. The van der Waals surface area contributed by atoms with Crippen molar-refractivity contribution in [3.05, 3.63) is 71.9 Å². The van der Waals surface area contributed by atoms with Crippen LogP contribution in [-0.2, 0) is 0 Å². The zero-order valence-corrected chi connectivity index (χ0v) is 15.9. The first-order valence-corrected chi connectivity index (χ1v) is 10.2. The van der Waals surface area contributed by atoms with Gasteiger partial charge in [0, 0.05) is 12.2 Å². The molecule has 1 saturated carbocycles. The van der Waals surface area contributed by atoms with Gasteiger partial charge < -0.3 is 4.90 Å². The van der Waals surface area contributed by atoms with Crippen molar-refractivity contribution in [3.63, 3.8) is 0 Å². The molecule has 132 valence electrons. The van der Waals surface area contributed by atoms with Crippen LogP contribution in [0.2, 0.25) is 0 Å². The highest BCUT2D eigenvalue weighted by molar-refractivity contribution is 7.98. The van der Waals surface area contributed by atoms with Gasteiger partial charge in [-0.05, 0) is 54.5 Å². The molecule has 26 heavy (non-hydrogen) atoms. The Morgan fingerprint density at radius 1 is 1.12 bits per heavy atom. The molecular formula is C22H22N2OS. The van der Waals surface area contributed by atoms with Crippen LogP contribution in [0.25, 0.3) is 10.8 Å². The van der Waals surface area contributed by atoms with Crippen LogP contribution in [-0.4, -0.2) is 28.1 Å². The summed E-state index contributed by atoms with van der Waals surface area (Å²) in [7, 11) is 0. The fourth-order valence-corrected chi connectivity index (χ4v) is 4.17. The number of hydrogen-bond donors (Lipinski definition) is 0. The van der Waals surface area contributed by atoms with Crippen LogP contribution in [0.5, 0.6) is 0 Å². The number of aromatic nitrogens is 1. The fraction of sp³-hybridized carbons (Fsp3) is 0.273. The Bertz CT molecular complexity index is 946. The van der Waals surface area contributed by atoms with E-state index in [1.165, 1.54) is 28.1 Å². The maximum absolute atomic E-state index is 13.4. The van der Waals surface area contributed by atoms with Gasteiger partial charge in [-0.1, -0.05) is 42.5 Å². The maximum Gasteiger partial charge on any atom is 0.257 e. The van der Waals surface area contributed by atoms with E-state index in [0.29, 0.717) is 11.6 Å². The Kier molecular flexibility index (Phi) is 4.68. The lowest BCUT2D eigenvalue weighted by atomic mass is 9.98. The summed E-state index contributed by atoms with van der Waals surface area (Å²) in [6, 6.07) is 18.8. The minimum atomic E-state index is 0.0241. The largest absolute Gasteiger partial charge is 0.329 e. The topological polar surface area (TPSA) is 33.2 Å². The first kappa shape index (κ1) is 17.1. The highest BCUT2D eigenvalue weighted by Gasteiger charge is 2.37. The summed E-state index contributed by atoms with van der Waals surface area (Å²) in [5, 5.41) is 3.23. The fourth-order valence-electron chi connectivity index (χ4n) is 3.63. The van der Waals surface area contributed by atoms with Gasteiger partial charge in [-0.15, -0.1) is 11.8 Å². The summed E-state index contributed by atoms with van der Waals surface area (Å²) >= 11 is 1.52. The molecule has 1 fully saturated rings. The van der Waals surface area contributed by atoms with Crippen molar-refractivity contribution in [2.45, 2.75) is 36.9 Å². The second-order valence-electron chi connectivity index (χ2n) is 6.75. The zero-order chi connectivity index (χ0) is 18.1. The summed E-state index contributed by atoms with van der Waals surface area (Å²) in [5.74, 6) is 0.0883. The highest BCUT2D eigenvalue weighted by Crippen LogP contribution is 2.38. The number of pyridine rings is 1. The first-order chi connectivity index (χ1) is 12.7. The molecule has 3 aromatic rings. The molecule has 0 saturated heterocycles. The van der Waals surface area contributed by atoms with Gasteiger partial charge in [0.15, 0.2) is 0 Å². The molecule has 1 aromatic heterocycles. The Morgan fingerprint density at radius 2 is 1.88 bits per heavy atom. The van der Waals surface area contributed by atoms with E-state index in [0.717, 1.165) is 17.9 Å². The van der Waals surface area contributed by atoms with E-state index >= 15 is 0 Å². The van der Waals surface area contributed by atoms with E-state index in [4.69, 9.17) is 0 Å². The van der Waals surface area contributed by atoms with Gasteiger partial charge in [0.1, 0.15) is 5.03 Å². The third-order valence-corrected chi connectivity index (χ3v) is 5.77. The summed E-state index contributed by atoms with van der Waals surface area (Å²) in [5.41, 5.74) is 1.91. The van der Waals surface area contributed by atoms with Crippen molar-refractivity contribution in [2.75, 3.05) is 6.26 Å². The number of fused-ring (bicyclic) bond motifs is 1. The molecule has 4 rings (SSSR count). The lowest BCUT2D eigenvalue weighted by molar-refractivity contribution is 0.0670. The molecule has 3 nitrogen and oxygen atoms in total. The zero-order valence-electron chi connectivity index (χ0n) is 15.1. The standard InChI is InChI=1S/C22H22N2OS/c1-15(18-10-5-8-16-7-3-4-9-19(16)18)24(17-12-13-17)22(25)20-11-6-14-23-21(20)26-2/h3-11,14-15,17H,12-13H2,1-2H3. The normalized spacial score (nSPS) is 15.0. The van der Waals surface area contributed by atoms with Crippen molar-refractivity contribution >= 4 is 28.4 Å². The van der Waals surface area contributed by atoms with E-state index in [2.05, 4.69) is 59.3 Å². The van der Waals surface area contributed by atoms with Crippen molar-refractivity contribution in [1.82, 2.24) is 9.88 Å². The van der Waals surface area contributed by atoms with Gasteiger partial charge in [-0.3, -0.25) is 4.79 Å². The average Bonchev–Trinajstić information content (AvgIpc) is 3.52. The smallest absolute Gasteiger partial charge is 0.257 e. The molecule has 0 bridgehead atoms. The quantitative estimate of drug-likeness (QED) is 0.576. The van der Waals surface area contributed by atoms with Crippen molar-refractivity contribution in [3.8, 4) is 0 Å². The molecular weight excluding hydrogens is 340 g/mol. The second-order valence-corrected chi connectivity index (χ2v) is 7.54. The van der Waals surface area contributed by atoms with Gasteiger partial charge >= 0.3 is 0 Å². The number of carbonyl (C=O) groups excluding carboxylic acids is 1. The van der Waals surface area contributed by atoms with Gasteiger partial charge in [-0.2, -0.15) is 0 Å². The lowest BCUT2D eigenvalue weighted by Crippen LogP contribution is -2.36. The molecule has 0 radical (unpaired) electrons. The summed E-state index contributed by atoms with van der Waals surface area (Å²) in [4.78, 5) is 19.9. The van der Waals surface area contributed by atoms with E-state index in [-0.39, 0.29) is 11.9 Å². The number of amides is 1. The van der Waals surface area contributed by atoms with Crippen molar-refractivity contribution < 1.29 is 4.79 Å². The molecule has 1 heterocycles. The molecule has 1 atom stereocenters. The number of hydrogen-bond acceptors (Lipinski definition) is 3. The van der Waals surface area contributed by atoms with Gasteiger partial charge in [0.25, 0.3) is 5.91 Å². The minimum Gasteiger partial charge on any atom is -0.329 e. The van der Waals surface area contributed by atoms with Crippen LogP contribution in [0.3, 0.4) is 0 Å². The van der Waals surface area contributed by atoms with Crippen LogP contribution in [0.15, 0.2) is 65.8 Å². The van der Waals surface area contributed by atoms with Crippen LogP contribution < -0.4 is 0 Å². The third-order valence-electron chi connectivity index (χ3n) is 5.06.